The van der Waals surface area contributed by atoms with Crippen LogP contribution in [0.1, 0.15) is 12.0 Å². The molecular formula is C23H24N6O3S. The maximum Gasteiger partial charge on any atom is 0.245 e. The highest BCUT2D eigenvalue weighted by Crippen LogP contribution is 2.25. The van der Waals surface area contributed by atoms with E-state index in [0.717, 1.165) is 11.3 Å². The van der Waals surface area contributed by atoms with Crippen molar-refractivity contribution in [3.05, 3.63) is 72.8 Å². The number of benzene rings is 1. The van der Waals surface area contributed by atoms with Gasteiger partial charge in [-0.05, 0) is 36.2 Å². The van der Waals surface area contributed by atoms with E-state index < -0.39 is 10.0 Å². The van der Waals surface area contributed by atoms with Crippen LogP contribution in [0.2, 0.25) is 0 Å². The Balaban J connectivity index is 1.17. The monoisotopic (exact) mass is 464 g/mol. The number of aryl methyl sites for hydroxylation is 1. The highest BCUT2D eigenvalue weighted by molar-refractivity contribution is 7.89. The van der Waals surface area contributed by atoms with E-state index in [1.807, 2.05) is 36.5 Å². The summed E-state index contributed by atoms with van der Waals surface area (Å²) in [6.45, 7) is 1.30. The van der Waals surface area contributed by atoms with Crippen LogP contribution in [0.15, 0.2) is 72.1 Å². The summed E-state index contributed by atoms with van der Waals surface area (Å²) in [5.41, 5.74) is 2.50. The standard InChI is InChI=1S/C23H24N6O3S/c30-22(9-8-18-15-26-29(17-18)19-5-2-1-3-6-19)27-11-13-28(14-12-27)33(31,32)21-16-25-23-20(21)7-4-10-24-23/h1-7,10,15-17H,8-9,11-14H2,(H,24,25). The Bertz CT molecular complexity index is 1370. The van der Waals surface area contributed by atoms with Crippen LogP contribution in [0.4, 0.5) is 0 Å². The van der Waals surface area contributed by atoms with E-state index >= 15 is 0 Å². The van der Waals surface area contributed by atoms with E-state index in [1.54, 1.807) is 34.1 Å². The molecule has 1 N–H and O–H groups in total. The molecule has 10 heteroatoms. The first kappa shape index (κ1) is 21.4. The summed E-state index contributed by atoms with van der Waals surface area (Å²) in [5, 5.41) is 4.95. The van der Waals surface area contributed by atoms with E-state index in [4.69, 9.17) is 0 Å². The highest BCUT2D eigenvalue weighted by Gasteiger charge is 2.31. The second kappa shape index (κ2) is 8.80. The number of nitrogens with zero attached hydrogens (tertiary/aromatic N) is 5. The lowest BCUT2D eigenvalue weighted by atomic mass is 10.2. The Morgan fingerprint density at radius 2 is 1.82 bits per heavy atom. The van der Waals surface area contributed by atoms with Crippen molar-refractivity contribution < 1.29 is 13.2 Å². The van der Waals surface area contributed by atoms with Crippen molar-refractivity contribution in [2.45, 2.75) is 17.7 Å². The molecule has 0 aliphatic carbocycles. The van der Waals surface area contributed by atoms with Gasteiger partial charge in [-0.1, -0.05) is 18.2 Å². The van der Waals surface area contributed by atoms with Gasteiger partial charge in [0.25, 0.3) is 0 Å². The first-order chi connectivity index (χ1) is 16.0. The highest BCUT2D eigenvalue weighted by atomic mass is 32.2. The second-order valence-electron chi connectivity index (χ2n) is 7.97. The summed E-state index contributed by atoms with van der Waals surface area (Å²) in [6.07, 6.45) is 7.77. The van der Waals surface area contributed by atoms with Gasteiger partial charge in [0.15, 0.2) is 0 Å². The van der Waals surface area contributed by atoms with Crippen LogP contribution in [0, 0.1) is 0 Å². The predicted octanol–water partition coefficient (Wildman–Crippen LogP) is 2.21. The number of hydrogen-bond acceptors (Lipinski definition) is 5. The van der Waals surface area contributed by atoms with Gasteiger partial charge in [-0.2, -0.15) is 9.40 Å². The number of rotatable bonds is 6. The summed E-state index contributed by atoms with van der Waals surface area (Å²) in [7, 11) is -3.66. The Labute approximate surface area is 191 Å². The molecule has 33 heavy (non-hydrogen) atoms. The maximum atomic E-state index is 13.1. The van der Waals surface area contributed by atoms with Crippen molar-refractivity contribution >= 4 is 27.0 Å². The van der Waals surface area contributed by atoms with Gasteiger partial charge in [-0.15, -0.1) is 0 Å². The number of piperazine rings is 1. The summed E-state index contributed by atoms with van der Waals surface area (Å²) >= 11 is 0. The molecule has 1 amide bonds. The van der Waals surface area contributed by atoms with Crippen molar-refractivity contribution in [3.63, 3.8) is 0 Å². The Morgan fingerprint density at radius 1 is 1.03 bits per heavy atom. The van der Waals surface area contributed by atoms with Gasteiger partial charge in [0.1, 0.15) is 10.5 Å². The van der Waals surface area contributed by atoms with Crippen molar-refractivity contribution in [1.29, 1.82) is 0 Å². The predicted molar refractivity (Wildman–Crippen MR) is 123 cm³/mol. The molecule has 1 saturated heterocycles. The summed E-state index contributed by atoms with van der Waals surface area (Å²) in [6, 6.07) is 13.3. The molecule has 1 aliphatic heterocycles. The topological polar surface area (TPSA) is 104 Å². The van der Waals surface area contributed by atoms with Gasteiger partial charge in [-0.25, -0.2) is 18.1 Å². The lowest BCUT2D eigenvalue weighted by Crippen LogP contribution is -2.50. The molecule has 0 bridgehead atoms. The fourth-order valence-electron chi connectivity index (χ4n) is 4.08. The average Bonchev–Trinajstić information content (AvgIpc) is 3.51. The molecule has 1 aliphatic rings. The van der Waals surface area contributed by atoms with Crippen LogP contribution in [-0.4, -0.2) is 69.5 Å². The maximum absolute atomic E-state index is 13.1. The number of carbonyl (C=O) groups excluding carboxylic acids is 1. The molecule has 0 saturated carbocycles. The van der Waals surface area contributed by atoms with E-state index in [1.165, 1.54) is 10.5 Å². The minimum atomic E-state index is -3.66. The normalized spacial score (nSPS) is 15.2. The van der Waals surface area contributed by atoms with Crippen LogP contribution in [0.25, 0.3) is 16.7 Å². The smallest absolute Gasteiger partial charge is 0.245 e. The zero-order valence-electron chi connectivity index (χ0n) is 18.0. The number of amides is 1. The van der Waals surface area contributed by atoms with Gasteiger partial charge >= 0.3 is 0 Å². The minimum absolute atomic E-state index is 0.0239. The van der Waals surface area contributed by atoms with E-state index in [2.05, 4.69) is 15.1 Å². The van der Waals surface area contributed by atoms with Crippen LogP contribution in [0.5, 0.6) is 0 Å². The zero-order chi connectivity index (χ0) is 22.8. The SMILES string of the molecule is O=C(CCc1cnn(-c2ccccc2)c1)N1CCN(S(=O)(=O)c2c[nH]c3ncccc23)CC1. The summed E-state index contributed by atoms with van der Waals surface area (Å²) in [4.78, 5) is 21.8. The quantitative estimate of drug-likeness (QED) is 0.471. The minimum Gasteiger partial charge on any atom is -0.345 e. The number of aromatic nitrogens is 4. The largest absolute Gasteiger partial charge is 0.345 e. The number of aromatic amines is 1. The third kappa shape index (κ3) is 4.27. The van der Waals surface area contributed by atoms with Crippen LogP contribution >= 0.6 is 0 Å². The van der Waals surface area contributed by atoms with E-state index in [0.29, 0.717) is 37.0 Å². The van der Waals surface area contributed by atoms with Crippen molar-refractivity contribution in [1.82, 2.24) is 29.0 Å². The van der Waals surface area contributed by atoms with Gasteiger partial charge in [0.05, 0.1) is 11.9 Å². The molecule has 4 aromatic rings. The zero-order valence-corrected chi connectivity index (χ0v) is 18.8. The van der Waals surface area contributed by atoms with Crippen molar-refractivity contribution in [2.24, 2.45) is 0 Å². The van der Waals surface area contributed by atoms with Crippen LogP contribution in [-0.2, 0) is 21.2 Å². The van der Waals surface area contributed by atoms with Crippen molar-refractivity contribution in [3.8, 4) is 5.69 Å². The number of hydrogen-bond donors (Lipinski definition) is 1. The van der Waals surface area contributed by atoms with E-state index in [-0.39, 0.29) is 23.9 Å². The molecule has 170 valence electrons. The molecule has 5 rings (SSSR count). The molecule has 0 radical (unpaired) electrons. The third-order valence-corrected chi connectivity index (χ3v) is 7.85. The second-order valence-corrected chi connectivity index (χ2v) is 9.87. The molecule has 1 aromatic carbocycles. The van der Waals surface area contributed by atoms with Gasteiger partial charge < -0.3 is 9.88 Å². The Hall–Kier alpha value is -3.50. The molecule has 0 atom stereocenters. The van der Waals surface area contributed by atoms with E-state index in [9.17, 15) is 13.2 Å². The van der Waals surface area contributed by atoms with Gasteiger partial charge in [0, 0.05) is 56.6 Å². The molecule has 4 heterocycles. The molecule has 0 unspecified atom stereocenters. The summed E-state index contributed by atoms with van der Waals surface area (Å²) < 4.78 is 29.5. The number of nitrogens with one attached hydrogen (secondary N) is 1. The lowest BCUT2D eigenvalue weighted by molar-refractivity contribution is -0.132. The Morgan fingerprint density at radius 3 is 2.61 bits per heavy atom. The summed E-state index contributed by atoms with van der Waals surface area (Å²) in [5.74, 6) is 0.0239. The number of H-pyrrole nitrogens is 1. The van der Waals surface area contributed by atoms with Crippen molar-refractivity contribution in [2.75, 3.05) is 26.2 Å². The fraction of sp³-hybridized carbons (Fsp3) is 0.261. The molecule has 3 aromatic heterocycles. The lowest BCUT2D eigenvalue weighted by Gasteiger charge is -2.34. The third-order valence-electron chi connectivity index (χ3n) is 5.91. The van der Waals surface area contributed by atoms with Gasteiger partial charge in [0.2, 0.25) is 15.9 Å². The van der Waals surface area contributed by atoms with Crippen LogP contribution in [0.3, 0.4) is 0 Å². The number of para-hydroxylation sites is 1. The number of fused-ring (bicyclic) bond motifs is 1. The number of pyridine rings is 1. The average molecular weight is 465 g/mol. The fourth-order valence-corrected chi connectivity index (χ4v) is 5.65. The first-order valence-electron chi connectivity index (χ1n) is 10.8. The Kier molecular flexibility index (Phi) is 5.69. The number of carbonyl (C=O) groups is 1. The first-order valence-corrected chi connectivity index (χ1v) is 12.3. The number of sulfonamides is 1. The molecular weight excluding hydrogens is 440 g/mol. The molecule has 0 spiro atoms. The van der Waals surface area contributed by atoms with Crippen LogP contribution < -0.4 is 0 Å². The molecule has 9 nitrogen and oxygen atoms in total. The molecule has 1 fully saturated rings. The van der Waals surface area contributed by atoms with Gasteiger partial charge in [-0.3, -0.25) is 4.79 Å².